The molecule has 0 radical (unpaired) electrons. The number of aromatic nitrogens is 1. The Morgan fingerprint density at radius 3 is 2.87 bits per heavy atom. The highest BCUT2D eigenvalue weighted by Crippen LogP contribution is 2.25. The summed E-state index contributed by atoms with van der Waals surface area (Å²) in [5.74, 6) is 0.672. The van der Waals surface area contributed by atoms with Gasteiger partial charge in [0.25, 0.3) is 0 Å². The van der Waals surface area contributed by atoms with Gasteiger partial charge in [-0.25, -0.2) is 4.98 Å². The number of para-hydroxylation sites is 1. The molecule has 15 heavy (non-hydrogen) atoms. The van der Waals surface area contributed by atoms with Gasteiger partial charge in [0.15, 0.2) is 5.13 Å². The van der Waals surface area contributed by atoms with Gasteiger partial charge >= 0.3 is 0 Å². The molecule has 2 rings (SSSR count). The maximum absolute atomic E-state index is 5.93. The van der Waals surface area contributed by atoms with Gasteiger partial charge in [-0.1, -0.05) is 35.1 Å². The largest absolute Gasteiger partial charge is 0.486 e. The van der Waals surface area contributed by atoms with E-state index in [0.717, 1.165) is 4.88 Å². The molecule has 0 aliphatic carbocycles. The van der Waals surface area contributed by atoms with Gasteiger partial charge in [0, 0.05) is 6.20 Å². The molecule has 0 spiro atoms. The summed E-state index contributed by atoms with van der Waals surface area (Å²) < 4.78 is 5.52. The Bertz CT molecular complexity index is 458. The normalized spacial score (nSPS) is 10.2. The molecular formula is C10H9ClN2OS. The smallest absolute Gasteiger partial charge is 0.180 e. The van der Waals surface area contributed by atoms with Crippen LogP contribution in [0.3, 0.4) is 0 Å². The standard InChI is InChI=1S/C10H9ClN2OS/c11-8-3-1-2-4-9(8)14-6-7-5-13-10(12)15-7/h1-5H,6H2,(H2,12,13). The second kappa shape index (κ2) is 4.51. The van der Waals surface area contributed by atoms with Gasteiger partial charge in [0.1, 0.15) is 12.4 Å². The number of nitrogen functional groups attached to an aromatic ring is 1. The van der Waals surface area contributed by atoms with E-state index < -0.39 is 0 Å². The van der Waals surface area contributed by atoms with Crippen LogP contribution in [0.4, 0.5) is 5.13 Å². The fourth-order valence-corrected chi connectivity index (χ4v) is 1.89. The molecule has 0 bridgehead atoms. The number of halogens is 1. The Kier molecular flexibility index (Phi) is 3.08. The third-order valence-corrected chi connectivity index (χ3v) is 2.89. The van der Waals surface area contributed by atoms with Gasteiger partial charge in [-0.05, 0) is 12.1 Å². The number of anilines is 1. The first-order valence-corrected chi connectivity index (χ1v) is 5.52. The fraction of sp³-hybridized carbons (Fsp3) is 0.100. The highest BCUT2D eigenvalue weighted by Gasteiger charge is 2.02. The summed E-state index contributed by atoms with van der Waals surface area (Å²) in [7, 11) is 0. The van der Waals surface area contributed by atoms with E-state index in [4.69, 9.17) is 22.1 Å². The molecule has 0 fully saturated rings. The fourth-order valence-electron chi connectivity index (χ4n) is 1.10. The summed E-state index contributed by atoms with van der Waals surface area (Å²) in [6.07, 6.45) is 1.71. The Morgan fingerprint density at radius 2 is 2.20 bits per heavy atom. The zero-order valence-electron chi connectivity index (χ0n) is 7.81. The first-order chi connectivity index (χ1) is 7.25. The van der Waals surface area contributed by atoms with Crippen LogP contribution in [0.1, 0.15) is 4.88 Å². The van der Waals surface area contributed by atoms with Crippen molar-refractivity contribution in [1.29, 1.82) is 0 Å². The van der Waals surface area contributed by atoms with Crippen LogP contribution in [0, 0.1) is 0 Å². The molecule has 1 aromatic heterocycles. The molecule has 0 unspecified atom stereocenters. The third-order valence-electron chi connectivity index (χ3n) is 1.78. The van der Waals surface area contributed by atoms with E-state index in [0.29, 0.717) is 22.5 Å². The van der Waals surface area contributed by atoms with Crippen LogP contribution in [0.5, 0.6) is 5.75 Å². The van der Waals surface area contributed by atoms with Crippen LogP contribution < -0.4 is 10.5 Å². The van der Waals surface area contributed by atoms with Crippen molar-refractivity contribution in [1.82, 2.24) is 4.98 Å². The lowest BCUT2D eigenvalue weighted by Gasteiger charge is -2.05. The van der Waals surface area contributed by atoms with Crippen LogP contribution in [-0.4, -0.2) is 4.98 Å². The maximum Gasteiger partial charge on any atom is 0.180 e. The Hall–Kier alpha value is -1.26. The van der Waals surface area contributed by atoms with Crippen molar-refractivity contribution in [2.75, 3.05) is 5.73 Å². The first-order valence-electron chi connectivity index (χ1n) is 4.33. The SMILES string of the molecule is Nc1ncc(COc2ccccc2Cl)s1. The molecule has 1 aromatic carbocycles. The molecule has 2 N–H and O–H groups in total. The molecule has 3 nitrogen and oxygen atoms in total. The van der Waals surface area contributed by atoms with Crippen molar-refractivity contribution < 1.29 is 4.74 Å². The van der Waals surface area contributed by atoms with E-state index in [1.165, 1.54) is 11.3 Å². The number of benzene rings is 1. The number of nitrogens with zero attached hydrogens (tertiary/aromatic N) is 1. The Labute approximate surface area is 96.5 Å². The molecule has 2 aromatic rings. The second-order valence-electron chi connectivity index (χ2n) is 2.88. The summed E-state index contributed by atoms with van der Waals surface area (Å²) in [5, 5.41) is 1.16. The summed E-state index contributed by atoms with van der Waals surface area (Å²) in [6, 6.07) is 7.35. The highest BCUT2D eigenvalue weighted by molar-refractivity contribution is 7.15. The van der Waals surface area contributed by atoms with Crippen LogP contribution in [0.2, 0.25) is 5.02 Å². The summed E-state index contributed by atoms with van der Waals surface area (Å²) >= 11 is 7.35. The van der Waals surface area contributed by atoms with Crippen LogP contribution >= 0.6 is 22.9 Å². The van der Waals surface area contributed by atoms with E-state index in [-0.39, 0.29) is 0 Å². The number of thiazole rings is 1. The van der Waals surface area contributed by atoms with Crippen LogP contribution in [-0.2, 0) is 6.61 Å². The molecule has 0 aliphatic rings. The van der Waals surface area contributed by atoms with E-state index in [9.17, 15) is 0 Å². The molecule has 78 valence electrons. The van der Waals surface area contributed by atoms with Crippen LogP contribution in [0.15, 0.2) is 30.5 Å². The Balaban J connectivity index is 2.02. The molecule has 1 heterocycles. The van der Waals surface area contributed by atoms with Gasteiger partial charge in [-0.3, -0.25) is 0 Å². The van der Waals surface area contributed by atoms with Gasteiger partial charge in [0.2, 0.25) is 0 Å². The molecular weight excluding hydrogens is 232 g/mol. The van der Waals surface area contributed by atoms with Crippen molar-refractivity contribution in [3.8, 4) is 5.75 Å². The topological polar surface area (TPSA) is 48.1 Å². The van der Waals surface area contributed by atoms with E-state index in [1.54, 1.807) is 12.3 Å². The number of hydrogen-bond acceptors (Lipinski definition) is 4. The monoisotopic (exact) mass is 240 g/mol. The molecule has 0 saturated heterocycles. The maximum atomic E-state index is 5.93. The van der Waals surface area contributed by atoms with Crippen LogP contribution in [0.25, 0.3) is 0 Å². The zero-order valence-corrected chi connectivity index (χ0v) is 9.39. The number of rotatable bonds is 3. The number of hydrogen-bond donors (Lipinski definition) is 1. The number of nitrogens with two attached hydrogens (primary N) is 1. The van der Waals surface area contributed by atoms with Gasteiger partial charge in [0.05, 0.1) is 9.90 Å². The average molecular weight is 241 g/mol. The molecule has 0 amide bonds. The lowest BCUT2D eigenvalue weighted by atomic mass is 10.3. The predicted octanol–water partition coefficient (Wildman–Crippen LogP) is 2.96. The highest BCUT2D eigenvalue weighted by atomic mass is 35.5. The zero-order chi connectivity index (χ0) is 10.7. The van der Waals surface area contributed by atoms with E-state index >= 15 is 0 Å². The summed E-state index contributed by atoms with van der Waals surface area (Å²) in [5.41, 5.74) is 5.50. The van der Waals surface area contributed by atoms with Gasteiger partial charge in [-0.15, -0.1) is 0 Å². The van der Waals surface area contributed by atoms with E-state index in [2.05, 4.69) is 4.98 Å². The molecule has 0 aliphatic heterocycles. The second-order valence-corrected chi connectivity index (χ2v) is 4.44. The lowest BCUT2D eigenvalue weighted by Crippen LogP contribution is -1.92. The minimum Gasteiger partial charge on any atom is -0.486 e. The van der Waals surface area contributed by atoms with Crippen molar-refractivity contribution in [2.45, 2.75) is 6.61 Å². The summed E-state index contributed by atoms with van der Waals surface area (Å²) in [6.45, 7) is 0.443. The molecule has 0 saturated carbocycles. The number of ether oxygens (including phenoxy) is 1. The Morgan fingerprint density at radius 1 is 1.40 bits per heavy atom. The average Bonchev–Trinajstić information content (AvgIpc) is 2.63. The van der Waals surface area contributed by atoms with Crippen molar-refractivity contribution in [3.05, 3.63) is 40.4 Å². The summed E-state index contributed by atoms with van der Waals surface area (Å²) in [4.78, 5) is 4.91. The lowest BCUT2D eigenvalue weighted by molar-refractivity contribution is 0.310. The minimum absolute atomic E-state index is 0.443. The van der Waals surface area contributed by atoms with Gasteiger partial charge < -0.3 is 10.5 Å². The predicted molar refractivity (Wildman–Crippen MR) is 62.3 cm³/mol. The minimum atomic E-state index is 0.443. The van der Waals surface area contributed by atoms with Crippen molar-refractivity contribution >= 4 is 28.1 Å². The third kappa shape index (κ3) is 2.61. The first kappa shape index (κ1) is 10.3. The van der Waals surface area contributed by atoms with Gasteiger partial charge in [-0.2, -0.15) is 0 Å². The van der Waals surface area contributed by atoms with E-state index in [1.807, 2.05) is 18.2 Å². The molecule has 0 atom stereocenters. The van der Waals surface area contributed by atoms with Crippen molar-refractivity contribution in [2.24, 2.45) is 0 Å². The molecule has 5 heteroatoms. The van der Waals surface area contributed by atoms with Crippen molar-refractivity contribution in [3.63, 3.8) is 0 Å². The quantitative estimate of drug-likeness (QED) is 0.897.